The minimum atomic E-state index is -0.0560. The summed E-state index contributed by atoms with van der Waals surface area (Å²) in [6.07, 6.45) is 2.37. The van der Waals surface area contributed by atoms with Crippen LogP contribution in [-0.2, 0) is 9.47 Å². The van der Waals surface area contributed by atoms with Crippen molar-refractivity contribution in [2.75, 3.05) is 51.5 Å². The van der Waals surface area contributed by atoms with Crippen molar-refractivity contribution in [1.29, 1.82) is 0 Å². The Bertz CT molecular complexity index is 713. The average molecular weight is 350 g/mol. The molecular formula is C16H22N4O3S. The van der Waals surface area contributed by atoms with E-state index in [-0.39, 0.29) is 5.91 Å². The number of hydrogen-bond acceptors (Lipinski definition) is 7. The fourth-order valence-electron chi connectivity index (χ4n) is 2.78. The SMILES string of the molecule is COCCCNC(=O)c1sc2ncnc(N3CCOCC3)c2c1C. The standard InChI is InChI=1S/C16H22N4O3S/c1-11-12-14(20-5-8-23-9-6-20)18-10-19-16(12)24-13(11)15(21)17-4-3-7-22-2/h10H,3-9H2,1-2H3,(H,17,21). The summed E-state index contributed by atoms with van der Waals surface area (Å²) < 4.78 is 10.4. The number of nitrogens with one attached hydrogen (secondary N) is 1. The summed E-state index contributed by atoms with van der Waals surface area (Å²) in [5.74, 6) is 0.843. The van der Waals surface area contributed by atoms with E-state index in [0.717, 1.165) is 41.1 Å². The van der Waals surface area contributed by atoms with Crippen LogP contribution in [0.4, 0.5) is 5.82 Å². The highest BCUT2D eigenvalue weighted by molar-refractivity contribution is 7.20. The smallest absolute Gasteiger partial charge is 0.261 e. The zero-order valence-corrected chi connectivity index (χ0v) is 14.8. The molecule has 1 fully saturated rings. The maximum Gasteiger partial charge on any atom is 0.261 e. The number of ether oxygens (including phenoxy) is 2. The molecule has 2 aromatic rings. The van der Waals surface area contributed by atoms with Gasteiger partial charge in [0, 0.05) is 33.4 Å². The third-order valence-corrected chi connectivity index (χ3v) is 5.23. The number of aryl methyl sites for hydroxylation is 1. The van der Waals surface area contributed by atoms with Crippen molar-refractivity contribution in [3.05, 3.63) is 16.8 Å². The van der Waals surface area contributed by atoms with Gasteiger partial charge in [-0.15, -0.1) is 11.3 Å². The van der Waals surface area contributed by atoms with Crippen molar-refractivity contribution < 1.29 is 14.3 Å². The lowest BCUT2D eigenvalue weighted by atomic mass is 10.2. The van der Waals surface area contributed by atoms with E-state index in [0.29, 0.717) is 31.2 Å². The number of hydrogen-bond donors (Lipinski definition) is 1. The number of carbonyl (C=O) groups excluding carboxylic acids is 1. The Morgan fingerprint density at radius 2 is 2.21 bits per heavy atom. The molecule has 0 radical (unpaired) electrons. The summed E-state index contributed by atoms with van der Waals surface area (Å²) in [5, 5.41) is 3.92. The monoisotopic (exact) mass is 350 g/mol. The number of anilines is 1. The molecule has 0 aliphatic carbocycles. The minimum absolute atomic E-state index is 0.0560. The van der Waals surface area contributed by atoms with Crippen LogP contribution in [0.3, 0.4) is 0 Å². The number of aromatic nitrogens is 2. The van der Waals surface area contributed by atoms with Gasteiger partial charge in [0.15, 0.2) is 0 Å². The first-order valence-electron chi connectivity index (χ1n) is 8.06. The Labute approximate surface area is 145 Å². The summed E-state index contributed by atoms with van der Waals surface area (Å²) in [6, 6.07) is 0. The molecule has 0 aromatic carbocycles. The third-order valence-electron chi connectivity index (χ3n) is 4.03. The van der Waals surface area contributed by atoms with Crippen molar-refractivity contribution in [3.63, 3.8) is 0 Å². The van der Waals surface area contributed by atoms with Crippen molar-refractivity contribution in [2.45, 2.75) is 13.3 Å². The van der Waals surface area contributed by atoms with Gasteiger partial charge in [0.05, 0.1) is 23.5 Å². The van der Waals surface area contributed by atoms with Gasteiger partial charge in [-0.25, -0.2) is 9.97 Å². The van der Waals surface area contributed by atoms with Crippen LogP contribution in [0.15, 0.2) is 6.33 Å². The molecule has 0 spiro atoms. The lowest BCUT2D eigenvalue weighted by molar-refractivity contribution is 0.0952. The molecule has 24 heavy (non-hydrogen) atoms. The average Bonchev–Trinajstić information content (AvgIpc) is 2.96. The first-order chi connectivity index (χ1) is 11.7. The van der Waals surface area contributed by atoms with Gasteiger partial charge in [-0.3, -0.25) is 4.79 Å². The van der Waals surface area contributed by atoms with Gasteiger partial charge in [0.1, 0.15) is 17.0 Å². The Morgan fingerprint density at radius 3 is 2.96 bits per heavy atom. The highest BCUT2D eigenvalue weighted by atomic mass is 32.1. The molecule has 2 aromatic heterocycles. The van der Waals surface area contributed by atoms with Crippen LogP contribution in [-0.4, -0.2) is 62.4 Å². The number of amides is 1. The predicted molar refractivity (Wildman–Crippen MR) is 94.0 cm³/mol. The van der Waals surface area contributed by atoms with Crippen LogP contribution in [0, 0.1) is 6.92 Å². The van der Waals surface area contributed by atoms with Crippen molar-refractivity contribution in [3.8, 4) is 0 Å². The molecular weight excluding hydrogens is 328 g/mol. The lowest BCUT2D eigenvalue weighted by Gasteiger charge is -2.28. The number of methoxy groups -OCH3 is 1. The Hall–Kier alpha value is -1.77. The lowest BCUT2D eigenvalue weighted by Crippen LogP contribution is -2.36. The van der Waals surface area contributed by atoms with E-state index in [4.69, 9.17) is 9.47 Å². The van der Waals surface area contributed by atoms with Gasteiger partial charge in [0.2, 0.25) is 0 Å². The number of fused-ring (bicyclic) bond motifs is 1. The van der Waals surface area contributed by atoms with E-state index in [1.165, 1.54) is 11.3 Å². The van der Waals surface area contributed by atoms with E-state index in [2.05, 4.69) is 20.2 Å². The summed E-state index contributed by atoms with van der Waals surface area (Å²) in [5.41, 5.74) is 0.946. The van der Waals surface area contributed by atoms with Crippen LogP contribution < -0.4 is 10.2 Å². The number of morpholine rings is 1. The van der Waals surface area contributed by atoms with Crippen LogP contribution in [0.25, 0.3) is 10.2 Å². The van der Waals surface area contributed by atoms with Crippen LogP contribution >= 0.6 is 11.3 Å². The van der Waals surface area contributed by atoms with E-state index in [9.17, 15) is 4.79 Å². The van der Waals surface area contributed by atoms with E-state index < -0.39 is 0 Å². The van der Waals surface area contributed by atoms with Crippen LogP contribution in [0.1, 0.15) is 21.7 Å². The van der Waals surface area contributed by atoms with E-state index in [1.807, 2.05) is 6.92 Å². The summed E-state index contributed by atoms with van der Waals surface area (Å²) in [4.78, 5) is 25.1. The normalized spacial score (nSPS) is 15.0. The van der Waals surface area contributed by atoms with Gasteiger partial charge in [-0.05, 0) is 18.9 Å². The van der Waals surface area contributed by atoms with Gasteiger partial charge >= 0.3 is 0 Å². The second-order valence-electron chi connectivity index (χ2n) is 5.64. The molecule has 1 aliphatic rings. The molecule has 1 N–H and O–H groups in total. The Morgan fingerprint density at radius 1 is 1.42 bits per heavy atom. The van der Waals surface area contributed by atoms with Crippen molar-refractivity contribution in [1.82, 2.24) is 15.3 Å². The number of nitrogens with zero attached hydrogens (tertiary/aromatic N) is 3. The quantitative estimate of drug-likeness (QED) is 0.798. The molecule has 8 heteroatoms. The zero-order valence-electron chi connectivity index (χ0n) is 14.0. The predicted octanol–water partition coefficient (Wildman–Crippen LogP) is 1.60. The highest BCUT2D eigenvalue weighted by Gasteiger charge is 2.22. The first-order valence-corrected chi connectivity index (χ1v) is 8.88. The number of thiophene rings is 1. The Kier molecular flexibility index (Phi) is 5.60. The number of rotatable bonds is 6. The zero-order chi connectivity index (χ0) is 16.9. The number of carbonyl (C=O) groups is 1. The van der Waals surface area contributed by atoms with Gasteiger partial charge < -0.3 is 19.7 Å². The molecule has 1 saturated heterocycles. The second-order valence-corrected chi connectivity index (χ2v) is 6.63. The Balaban J connectivity index is 1.85. The molecule has 7 nitrogen and oxygen atoms in total. The van der Waals surface area contributed by atoms with Gasteiger partial charge in [0.25, 0.3) is 5.91 Å². The third kappa shape index (κ3) is 3.50. The fourth-order valence-corrected chi connectivity index (χ4v) is 3.84. The van der Waals surface area contributed by atoms with Gasteiger partial charge in [-0.1, -0.05) is 0 Å². The topological polar surface area (TPSA) is 76.6 Å². The second kappa shape index (κ2) is 7.87. The summed E-state index contributed by atoms with van der Waals surface area (Å²) >= 11 is 1.42. The minimum Gasteiger partial charge on any atom is -0.385 e. The fraction of sp³-hybridized carbons (Fsp3) is 0.562. The van der Waals surface area contributed by atoms with Crippen LogP contribution in [0.2, 0.25) is 0 Å². The molecule has 0 unspecified atom stereocenters. The van der Waals surface area contributed by atoms with Crippen molar-refractivity contribution in [2.24, 2.45) is 0 Å². The van der Waals surface area contributed by atoms with Crippen LogP contribution in [0.5, 0.6) is 0 Å². The maximum absolute atomic E-state index is 12.5. The highest BCUT2D eigenvalue weighted by Crippen LogP contribution is 2.35. The van der Waals surface area contributed by atoms with Crippen molar-refractivity contribution >= 4 is 33.3 Å². The molecule has 1 amide bonds. The molecule has 3 heterocycles. The molecule has 1 aliphatic heterocycles. The first kappa shape index (κ1) is 17.1. The largest absolute Gasteiger partial charge is 0.385 e. The summed E-state index contributed by atoms with van der Waals surface area (Å²) in [7, 11) is 1.66. The van der Waals surface area contributed by atoms with E-state index in [1.54, 1.807) is 13.4 Å². The molecule has 0 bridgehead atoms. The molecule has 0 atom stereocenters. The van der Waals surface area contributed by atoms with Gasteiger partial charge in [-0.2, -0.15) is 0 Å². The van der Waals surface area contributed by atoms with E-state index >= 15 is 0 Å². The molecule has 130 valence electrons. The summed E-state index contributed by atoms with van der Waals surface area (Å²) in [6.45, 7) is 6.21. The molecule has 0 saturated carbocycles. The molecule has 3 rings (SSSR count). The maximum atomic E-state index is 12.5.